The summed E-state index contributed by atoms with van der Waals surface area (Å²) in [6.07, 6.45) is -3.36. The zero-order valence-corrected chi connectivity index (χ0v) is 16.3. The first-order valence-corrected chi connectivity index (χ1v) is 9.03. The Labute approximate surface area is 162 Å². The van der Waals surface area contributed by atoms with E-state index in [1.54, 1.807) is 0 Å². The number of rotatable bonds is 3. The molecule has 152 valence electrons. The SMILES string of the molecule is Cc1c(C)c2c(c(C)c1O)CCC(C)(COc1ccc(N)cc1C(F)(F)F)O2. The van der Waals surface area contributed by atoms with Crippen molar-refractivity contribution in [3.63, 3.8) is 0 Å². The van der Waals surface area contributed by atoms with Crippen LogP contribution in [0.4, 0.5) is 18.9 Å². The first kappa shape index (κ1) is 20.2. The van der Waals surface area contributed by atoms with Gasteiger partial charge in [0.1, 0.15) is 29.5 Å². The van der Waals surface area contributed by atoms with Crippen LogP contribution in [0.5, 0.6) is 17.2 Å². The van der Waals surface area contributed by atoms with Gasteiger partial charge in [0, 0.05) is 11.3 Å². The molecular weight excluding hydrogens is 371 g/mol. The second-order valence-electron chi connectivity index (χ2n) is 7.63. The molecule has 4 nitrogen and oxygen atoms in total. The molecule has 0 fully saturated rings. The van der Waals surface area contributed by atoms with Crippen molar-refractivity contribution in [3.8, 4) is 17.2 Å². The molecule has 0 spiro atoms. The molecule has 0 radical (unpaired) electrons. The lowest BCUT2D eigenvalue weighted by Gasteiger charge is -2.37. The third kappa shape index (κ3) is 3.57. The van der Waals surface area contributed by atoms with Crippen molar-refractivity contribution in [1.29, 1.82) is 0 Å². The molecule has 0 aliphatic carbocycles. The number of phenols is 1. The number of hydrogen-bond acceptors (Lipinski definition) is 4. The minimum absolute atomic E-state index is 0.0233. The second kappa shape index (κ2) is 6.79. The number of nitrogens with two attached hydrogens (primary N) is 1. The number of halogens is 3. The molecule has 2 aromatic rings. The van der Waals surface area contributed by atoms with Crippen molar-refractivity contribution in [1.82, 2.24) is 0 Å². The van der Waals surface area contributed by atoms with Gasteiger partial charge in [-0.3, -0.25) is 0 Å². The average Bonchev–Trinajstić information content (AvgIpc) is 2.63. The van der Waals surface area contributed by atoms with Crippen molar-refractivity contribution in [2.24, 2.45) is 0 Å². The number of alkyl halides is 3. The summed E-state index contributed by atoms with van der Waals surface area (Å²) in [7, 11) is 0. The smallest absolute Gasteiger partial charge is 0.420 e. The summed E-state index contributed by atoms with van der Waals surface area (Å²) in [5, 5.41) is 10.3. The van der Waals surface area contributed by atoms with E-state index in [1.165, 1.54) is 12.1 Å². The third-order valence-electron chi connectivity index (χ3n) is 5.43. The highest BCUT2D eigenvalue weighted by Gasteiger charge is 2.38. The van der Waals surface area contributed by atoms with E-state index in [1.807, 2.05) is 27.7 Å². The number of fused-ring (bicyclic) bond motifs is 1. The van der Waals surface area contributed by atoms with Crippen LogP contribution in [0.25, 0.3) is 0 Å². The lowest BCUT2D eigenvalue weighted by molar-refractivity contribution is -0.139. The van der Waals surface area contributed by atoms with Crippen molar-refractivity contribution >= 4 is 5.69 Å². The summed E-state index contributed by atoms with van der Waals surface area (Å²) >= 11 is 0. The predicted octanol–water partition coefficient (Wildman–Crippen LogP) is 5.08. The predicted molar refractivity (Wildman–Crippen MR) is 101 cm³/mol. The fourth-order valence-electron chi connectivity index (χ4n) is 3.52. The number of ether oxygens (including phenoxy) is 2. The maximum atomic E-state index is 13.3. The largest absolute Gasteiger partial charge is 0.507 e. The molecular formula is C21H24F3NO3. The fraction of sp³-hybridized carbons (Fsp3) is 0.429. The van der Waals surface area contributed by atoms with Gasteiger partial charge in [0.05, 0.1) is 5.56 Å². The number of phenolic OH excluding ortho intramolecular Hbond substituents is 1. The van der Waals surface area contributed by atoms with Crippen LogP contribution in [0.3, 0.4) is 0 Å². The molecule has 1 heterocycles. The van der Waals surface area contributed by atoms with Crippen molar-refractivity contribution < 1.29 is 27.8 Å². The summed E-state index contributed by atoms with van der Waals surface area (Å²) in [4.78, 5) is 0. The summed E-state index contributed by atoms with van der Waals surface area (Å²) in [6, 6.07) is 3.48. The van der Waals surface area contributed by atoms with Gasteiger partial charge >= 0.3 is 6.18 Å². The zero-order chi connectivity index (χ0) is 20.9. The first-order valence-electron chi connectivity index (χ1n) is 9.03. The van der Waals surface area contributed by atoms with E-state index < -0.39 is 17.3 Å². The maximum Gasteiger partial charge on any atom is 0.420 e. The van der Waals surface area contributed by atoms with Crippen LogP contribution >= 0.6 is 0 Å². The third-order valence-corrected chi connectivity index (χ3v) is 5.43. The molecule has 1 unspecified atom stereocenters. The molecule has 0 saturated carbocycles. The minimum atomic E-state index is -4.56. The molecule has 3 rings (SSSR count). The Morgan fingerprint density at radius 2 is 1.86 bits per heavy atom. The van der Waals surface area contributed by atoms with Gasteiger partial charge in [-0.25, -0.2) is 0 Å². The Bertz CT molecular complexity index is 924. The van der Waals surface area contributed by atoms with Gasteiger partial charge in [-0.2, -0.15) is 13.2 Å². The number of aromatic hydroxyl groups is 1. The number of nitrogen functional groups attached to an aromatic ring is 1. The molecule has 1 atom stereocenters. The Morgan fingerprint density at radius 3 is 2.50 bits per heavy atom. The quantitative estimate of drug-likeness (QED) is 0.712. The fourth-order valence-corrected chi connectivity index (χ4v) is 3.52. The Morgan fingerprint density at radius 1 is 1.18 bits per heavy atom. The highest BCUT2D eigenvalue weighted by atomic mass is 19.4. The van der Waals surface area contributed by atoms with E-state index in [-0.39, 0.29) is 23.8 Å². The summed E-state index contributed by atoms with van der Waals surface area (Å²) in [5.41, 5.74) is 7.10. The van der Waals surface area contributed by atoms with Crippen LogP contribution in [0.2, 0.25) is 0 Å². The van der Waals surface area contributed by atoms with E-state index in [0.29, 0.717) is 18.6 Å². The van der Waals surface area contributed by atoms with E-state index in [2.05, 4.69) is 0 Å². The molecule has 28 heavy (non-hydrogen) atoms. The second-order valence-corrected chi connectivity index (χ2v) is 7.63. The first-order chi connectivity index (χ1) is 12.9. The Balaban J connectivity index is 1.87. The summed E-state index contributed by atoms with van der Waals surface area (Å²) in [5.74, 6) is 0.669. The van der Waals surface area contributed by atoms with E-state index in [0.717, 1.165) is 28.3 Å². The molecule has 0 amide bonds. The summed E-state index contributed by atoms with van der Waals surface area (Å²) in [6.45, 7) is 7.29. The van der Waals surface area contributed by atoms with Crippen LogP contribution in [0.1, 0.15) is 41.2 Å². The highest BCUT2D eigenvalue weighted by molar-refractivity contribution is 5.58. The van der Waals surface area contributed by atoms with Crippen LogP contribution in [-0.4, -0.2) is 17.3 Å². The van der Waals surface area contributed by atoms with E-state index in [4.69, 9.17) is 15.2 Å². The van der Waals surface area contributed by atoms with E-state index >= 15 is 0 Å². The molecule has 0 aromatic heterocycles. The average molecular weight is 395 g/mol. The molecule has 1 aliphatic rings. The monoisotopic (exact) mass is 395 g/mol. The minimum Gasteiger partial charge on any atom is -0.507 e. The van der Waals surface area contributed by atoms with Gasteiger partial charge in [0.15, 0.2) is 0 Å². The Kier molecular flexibility index (Phi) is 4.89. The van der Waals surface area contributed by atoms with Crippen molar-refractivity contribution in [2.75, 3.05) is 12.3 Å². The Hall–Kier alpha value is -2.57. The number of benzene rings is 2. The molecule has 0 bridgehead atoms. The molecule has 7 heteroatoms. The van der Waals surface area contributed by atoms with Gasteiger partial charge in [0.25, 0.3) is 0 Å². The van der Waals surface area contributed by atoms with Gasteiger partial charge in [0.2, 0.25) is 0 Å². The van der Waals surface area contributed by atoms with Crippen molar-refractivity contribution in [2.45, 2.75) is 52.3 Å². The zero-order valence-electron chi connectivity index (χ0n) is 16.3. The molecule has 3 N–H and O–H groups in total. The molecule has 2 aromatic carbocycles. The normalized spacial score (nSPS) is 19.1. The lowest BCUT2D eigenvalue weighted by atomic mass is 9.87. The van der Waals surface area contributed by atoms with Gasteiger partial charge in [-0.1, -0.05) is 0 Å². The topological polar surface area (TPSA) is 64.7 Å². The summed E-state index contributed by atoms with van der Waals surface area (Å²) < 4.78 is 51.6. The van der Waals surface area contributed by atoms with Crippen LogP contribution in [0, 0.1) is 20.8 Å². The number of anilines is 1. The van der Waals surface area contributed by atoms with Crippen LogP contribution < -0.4 is 15.2 Å². The molecule has 1 aliphatic heterocycles. The van der Waals surface area contributed by atoms with Crippen LogP contribution in [-0.2, 0) is 12.6 Å². The standard InChI is InChI=1S/C21H24F3NO3/c1-11-12(2)19-15(13(3)18(11)26)7-8-20(4,28-19)10-27-17-6-5-14(25)9-16(17)21(22,23)24/h5-6,9,26H,7-8,10,25H2,1-4H3. The van der Waals surface area contributed by atoms with E-state index in [9.17, 15) is 18.3 Å². The van der Waals surface area contributed by atoms with Gasteiger partial charge in [-0.15, -0.1) is 0 Å². The van der Waals surface area contributed by atoms with Crippen molar-refractivity contribution in [3.05, 3.63) is 46.0 Å². The van der Waals surface area contributed by atoms with Gasteiger partial charge < -0.3 is 20.3 Å². The molecule has 0 saturated heterocycles. The lowest BCUT2D eigenvalue weighted by Crippen LogP contribution is -2.42. The van der Waals surface area contributed by atoms with Crippen LogP contribution in [0.15, 0.2) is 18.2 Å². The number of hydrogen-bond donors (Lipinski definition) is 2. The van der Waals surface area contributed by atoms with Gasteiger partial charge in [-0.05, 0) is 75.4 Å². The maximum absolute atomic E-state index is 13.3. The highest BCUT2D eigenvalue weighted by Crippen LogP contribution is 2.44.